The van der Waals surface area contributed by atoms with Crippen molar-refractivity contribution in [2.75, 3.05) is 6.79 Å². The summed E-state index contributed by atoms with van der Waals surface area (Å²) in [5.74, 6) is 2.62. The highest BCUT2D eigenvalue weighted by Crippen LogP contribution is 2.36. The lowest BCUT2D eigenvalue weighted by Crippen LogP contribution is -2.03. The van der Waals surface area contributed by atoms with Crippen molar-refractivity contribution >= 4 is 11.0 Å². The molecule has 0 amide bonds. The Morgan fingerprint density at radius 3 is 2.90 bits per heavy atom. The first kappa shape index (κ1) is 12.8. The van der Waals surface area contributed by atoms with Crippen LogP contribution in [-0.2, 0) is 13.0 Å². The molecule has 0 N–H and O–H groups in total. The van der Waals surface area contributed by atoms with Crippen molar-refractivity contribution in [1.82, 2.24) is 9.55 Å². The number of benzene rings is 1. The number of nitriles is 1. The van der Waals surface area contributed by atoms with E-state index >= 15 is 0 Å². The molecule has 5 nitrogen and oxygen atoms in total. The number of imidazole rings is 1. The van der Waals surface area contributed by atoms with E-state index in [4.69, 9.17) is 19.7 Å². The van der Waals surface area contributed by atoms with Gasteiger partial charge in [0, 0.05) is 31.5 Å². The SMILES string of the molecule is CCCc1nc2cc3c(cc2n1CCCC#N)OCO3. The standard InChI is InChI=1S/C15H17N3O2/c1-2-5-15-17-11-8-13-14(20-10-19-13)9-12(11)18(15)7-4-3-6-16/h8-9H,2-5,7,10H2,1H3. The maximum atomic E-state index is 8.70. The maximum Gasteiger partial charge on any atom is 0.231 e. The summed E-state index contributed by atoms with van der Waals surface area (Å²) in [5.41, 5.74) is 2.00. The third kappa shape index (κ3) is 2.18. The summed E-state index contributed by atoms with van der Waals surface area (Å²) in [5, 5.41) is 8.70. The number of hydrogen-bond donors (Lipinski definition) is 0. The van der Waals surface area contributed by atoms with Gasteiger partial charge in [0.05, 0.1) is 17.1 Å². The second-order valence-corrected chi connectivity index (χ2v) is 4.89. The molecule has 5 heteroatoms. The molecule has 0 atom stereocenters. The predicted molar refractivity (Wildman–Crippen MR) is 74.7 cm³/mol. The lowest BCUT2D eigenvalue weighted by Gasteiger charge is -2.07. The average molecular weight is 271 g/mol. The van der Waals surface area contributed by atoms with E-state index in [9.17, 15) is 0 Å². The van der Waals surface area contributed by atoms with Crippen molar-refractivity contribution in [3.05, 3.63) is 18.0 Å². The zero-order valence-corrected chi connectivity index (χ0v) is 11.6. The Morgan fingerprint density at radius 2 is 2.15 bits per heavy atom. The Hall–Kier alpha value is -2.22. The Labute approximate surface area is 117 Å². The zero-order valence-electron chi connectivity index (χ0n) is 11.6. The molecule has 1 aromatic carbocycles. The zero-order chi connectivity index (χ0) is 13.9. The lowest BCUT2D eigenvalue weighted by atomic mass is 10.2. The summed E-state index contributed by atoms with van der Waals surface area (Å²) in [7, 11) is 0. The van der Waals surface area contributed by atoms with Gasteiger partial charge in [-0.05, 0) is 12.8 Å². The predicted octanol–water partition coefficient (Wildman–Crippen LogP) is 3.02. The van der Waals surface area contributed by atoms with Crippen LogP contribution in [0.25, 0.3) is 11.0 Å². The molecule has 0 saturated carbocycles. The molecule has 1 aromatic heterocycles. The molecule has 1 aliphatic rings. The van der Waals surface area contributed by atoms with E-state index in [1.807, 2.05) is 12.1 Å². The first-order valence-electron chi connectivity index (χ1n) is 6.99. The van der Waals surface area contributed by atoms with Crippen LogP contribution in [0.15, 0.2) is 12.1 Å². The van der Waals surface area contributed by atoms with Crippen molar-refractivity contribution in [3.8, 4) is 17.6 Å². The van der Waals surface area contributed by atoms with Gasteiger partial charge in [0.2, 0.25) is 6.79 Å². The summed E-state index contributed by atoms with van der Waals surface area (Å²) in [6, 6.07) is 6.13. The van der Waals surface area contributed by atoms with Gasteiger partial charge in [-0.25, -0.2) is 4.98 Å². The van der Waals surface area contributed by atoms with E-state index in [2.05, 4.69) is 17.6 Å². The van der Waals surface area contributed by atoms with Gasteiger partial charge in [-0.2, -0.15) is 5.26 Å². The van der Waals surface area contributed by atoms with Crippen molar-refractivity contribution < 1.29 is 9.47 Å². The number of ether oxygens (including phenoxy) is 2. The van der Waals surface area contributed by atoms with Crippen molar-refractivity contribution in [3.63, 3.8) is 0 Å². The molecule has 0 saturated heterocycles. The second kappa shape index (κ2) is 5.41. The molecule has 0 unspecified atom stereocenters. The third-order valence-corrected chi connectivity index (χ3v) is 3.47. The molecular formula is C15H17N3O2. The topological polar surface area (TPSA) is 60.1 Å². The van der Waals surface area contributed by atoms with Gasteiger partial charge in [0.1, 0.15) is 5.82 Å². The molecule has 0 radical (unpaired) electrons. The molecule has 2 aromatic rings. The van der Waals surface area contributed by atoms with E-state index in [-0.39, 0.29) is 6.79 Å². The molecule has 0 bridgehead atoms. The van der Waals surface area contributed by atoms with Crippen LogP contribution in [-0.4, -0.2) is 16.3 Å². The quantitative estimate of drug-likeness (QED) is 0.784. The highest BCUT2D eigenvalue weighted by atomic mass is 16.7. The number of aromatic nitrogens is 2. The second-order valence-electron chi connectivity index (χ2n) is 4.89. The number of hydrogen-bond acceptors (Lipinski definition) is 4. The summed E-state index contributed by atoms with van der Waals surface area (Å²) in [6.07, 6.45) is 3.39. The molecule has 0 aliphatic carbocycles. The van der Waals surface area contributed by atoms with Crippen LogP contribution < -0.4 is 9.47 Å². The molecule has 20 heavy (non-hydrogen) atoms. The van der Waals surface area contributed by atoms with E-state index in [1.165, 1.54) is 0 Å². The number of unbranched alkanes of at least 4 members (excludes halogenated alkanes) is 1. The summed E-state index contributed by atoms with van der Waals surface area (Å²) in [4.78, 5) is 4.70. The monoisotopic (exact) mass is 271 g/mol. The van der Waals surface area contributed by atoms with E-state index in [0.29, 0.717) is 6.42 Å². The summed E-state index contributed by atoms with van der Waals surface area (Å²) < 4.78 is 13.0. The number of aryl methyl sites for hydroxylation is 2. The van der Waals surface area contributed by atoms with Gasteiger partial charge in [0.25, 0.3) is 0 Å². The van der Waals surface area contributed by atoms with Gasteiger partial charge in [0.15, 0.2) is 11.5 Å². The first-order valence-corrected chi connectivity index (χ1v) is 6.99. The van der Waals surface area contributed by atoms with E-state index in [1.54, 1.807) is 0 Å². The third-order valence-electron chi connectivity index (χ3n) is 3.47. The van der Waals surface area contributed by atoms with Crippen LogP contribution in [0.3, 0.4) is 0 Å². The highest BCUT2D eigenvalue weighted by molar-refractivity contribution is 5.81. The van der Waals surface area contributed by atoms with E-state index < -0.39 is 0 Å². The Bertz CT molecular complexity index is 670. The molecule has 3 rings (SSSR count). The number of rotatable bonds is 5. The average Bonchev–Trinajstić information content (AvgIpc) is 3.02. The Morgan fingerprint density at radius 1 is 1.35 bits per heavy atom. The van der Waals surface area contributed by atoms with Gasteiger partial charge < -0.3 is 14.0 Å². The summed E-state index contributed by atoms with van der Waals surface area (Å²) in [6.45, 7) is 3.24. The maximum absolute atomic E-state index is 8.70. The van der Waals surface area contributed by atoms with Crippen molar-refractivity contribution in [2.24, 2.45) is 0 Å². The molecule has 0 fully saturated rings. The fourth-order valence-corrected chi connectivity index (χ4v) is 2.54. The fraction of sp³-hybridized carbons (Fsp3) is 0.467. The van der Waals surface area contributed by atoms with Crippen LogP contribution >= 0.6 is 0 Å². The highest BCUT2D eigenvalue weighted by Gasteiger charge is 2.18. The van der Waals surface area contributed by atoms with E-state index in [0.717, 1.165) is 54.2 Å². The first-order chi connectivity index (χ1) is 9.83. The molecule has 0 spiro atoms. The lowest BCUT2D eigenvalue weighted by molar-refractivity contribution is 0.174. The molecule has 1 aliphatic heterocycles. The van der Waals surface area contributed by atoms with Crippen molar-refractivity contribution in [2.45, 2.75) is 39.2 Å². The van der Waals surface area contributed by atoms with Gasteiger partial charge in [-0.3, -0.25) is 0 Å². The smallest absolute Gasteiger partial charge is 0.231 e. The van der Waals surface area contributed by atoms with Crippen LogP contribution in [0.2, 0.25) is 0 Å². The van der Waals surface area contributed by atoms with Gasteiger partial charge >= 0.3 is 0 Å². The van der Waals surface area contributed by atoms with Gasteiger partial charge in [-0.15, -0.1) is 0 Å². The molecule has 2 heterocycles. The van der Waals surface area contributed by atoms with Crippen LogP contribution in [0.4, 0.5) is 0 Å². The van der Waals surface area contributed by atoms with Crippen LogP contribution in [0, 0.1) is 11.3 Å². The summed E-state index contributed by atoms with van der Waals surface area (Å²) >= 11 is 0. The normalized spacial score (nSPS) is 12.8. The molecular weight excluding hydrogens is 254 g/mol. The minimum absolute atomic E-state index is 0.276. The number of nitrogens with zero attached hydrogens (tertiary/aromatic N) is 3. The van der Waals surface area contributed by atoms with Gasteiger partial charge in [-0.1, -0.05) is 6.92 Å². The minimum atomic E-state index is 0.276. The minimum Gasteiger partial charge on any atom is -0.454 e. The number of fused-ring (bicyclic) bond motifs is 2. The van der Waals surface area contributed by atoms with Crippen LogP contribution in [0.1, 0.15) is 32.0 Å². The largest absolute Gasteiger partial charge is 0.454 e. The fourth-order valence-electron chi connectivity index (χ4n) is 2.54. The van der Waals surface area contributed by atoms with Crippen molar-refractivity contribution in [1.29, 1.82) is 5.26 Å². The Balaban J connectivity index is 2.03. The molecule has 104 valence electrons. The Kier molecular flexibility index (Phi) is 3.46. The van der Waals surface area contributed by atoms with Crippen LogP contribution in [0.5, 0.6) is 11.5 Å².